The summed E-state index contributed by atoms with van der Waals surface area (Å²) in [6, 6.07) is 9.97. The Morgan fingerprint density at radius 2 is 1.92 bits per heavy atom. The maximum Gasteiger partial charge on any atom is 0.422 e. The number of aliphatic hydroxyl groups is 1. The maximum absolute atomic E-state index is 14.4. The van der Waals surface area contributed by atoms with E-state index in [1.807, 2.05) is 0 Å². The SMILES string of the molecule is CC(c1ccc(Oc2ccc(C(=O)O)cn2)cc1Cl)C(O)(c1ccc2c(c1)N(C)C(=O)CO2)C(F)(F)F. The molecule has 0 aliphatic carbocycles. The Morgan fingerprint density at radius 1 is 1.19 bits per heavy atom. The number of hydrogen-bond acceptors (Lipinski definition) is 6. The number of ether oxygens (including phenoxy) is 2. The normalized spacial score (nSPS) is 15.9. The number of nitrogens with zero attached hydrogens (tertiary/aromatic N) is 2. The first-order valence-corrected chi connectivity index (χ1v) is 11.2. The van der Waals surface area contributed by atoms with E-state index in [0.717, 1.165) is 18.3 Å². The molecule has 1 aliphatic rings. The van der Waals surface area contributed by atoms with Crippen LogP contribution in [0.3, 0.4) is 0 Å². The van der Waals surface area contributed by atoms with Crippen LogP contribution in [0.4, 0.5) is 18.9 Å². The van der Waals surface area contributed by atoms with E-state index in [1.165, 1.54) is 55.3 Å². The largest absolute Gasteiger partial charge is 0.482 e. The van der Waals surface area contributed by atoms with Crippen molar-refractivity contribution in [2.75, 3.05) is 18.6 Å². The molecule has 2 atom stereocenters. The average Bonchev–Trinajstić information content (AvgIpc) is 2.85. The number of amides is 1. The van der Waals surface area contributed by atoms with Gasteiger partial charge in [-0.2, -0.15) is 13.2 Å². The number of anilines is 1. The van der Waals surface area contributed by atoms with Gasteiger partial charge in [-0.3, -0.25) is 4.79 Å². The lowest BCUT2D eigenvalue weighted by atomic mass is 9.77. The lowest BCUT2D eigenvalue weighted by Gasteiger charge is -2.38. The van der Waals surface area contributed by atoms with Crippen LogP contribution in [-0.4, -0.2) is 46.9 Å². The number of alkyl halides is 3. The fraction of sp³-hybridized carbons (Fsp3) is 0.240. The number of fused-ring (bicyclic) bond motifs is 1. The minimum absolute atomic E-state index is 0.0126. The molecule has 1 aromatic heterocycles. The van der Waals surface area contributed by atoms with E-state index in [0.29, 0.717) is 0 Å². The van der Waals surface area contributed by atoms with Gasteiger partial charge in [0.25, 0.3) is 5.91 Å². The van der Waals surface area contributed by atoms with Crippen molar-refractivity contribution in [2.45, 2.75) is 24.6 Å². The molecule has 1 amide bonds. The molecule has 2 N–H and O–H groups in total. The molecule has 0 spiro atoms. The number of benzene rings is 2. The van der Waals surface area contributed by atoms with Crippen LogP contribution in [0.1, 0.15) is 34.3 Å². The van der Waals surface area contributed by atoms with Gasteiger partial charge in [0.05, 0.1) is 11.3 Å². The molecule has 2 heterocycles. The fourth-order valence-corrected chi connectivity index (χ4v) is 4.34. The first-order chi connectivity index (χ1) is 17.3. The van der Waals surface area contributed by atoms with Gasteiger partial charge in [0.1, 0.15) is 11.5 Å². The van der Waals surface area contributed by atoms with Crippen LogP contribution in [0.2, 0.25) is 5.02 Å². The zero-order chi connectivity index (χ0) is 27.1. The van der Waals surface area contributed by atoms with Crippen molar-refractivity contribution in [3.8, 4) is 17.4 Å². The van der Waals surface area contributed by atoms with Gasteiger partial charge >= 0.3 is 12.1 Å². The zero-order valence-electron chi connectivity index (χ0n) is 19.4. The quantitative estimate of drug-likeness (QED) is 0.449. The summed E-state index contributed by atoms with van der Waals surface area (Å²) in [5, 5.41) is 20.0. The van der Waals surface area contributed by atoms with Crippen LogP contribution < -0.4 is 14.4 Å². The Hall–Kier alpha value is -3.83. The number of hydrogen-bond donors (Lipinski definition) is 2. The Morgan fingerprint density at radius 3 is 2.51 bits per heavy atom. The van der Waals surface area contributed by atoms with E-state index in [-0.39, 0.29) is 45.8 Å². The van der Waals surface area contributed by atoms with Gasteiger partial charge in [-0.1, -0.05) is 30.7 Å². The second kappa shape index (κ2) is 9.56. The van der Waals surface area contributed by atoms with Crippen molar-refractivity contribution in [1.29, 1.82) is 0 Å². The molecular weight excluding hydrogens is 517 g/mol. The highest BCUT2D eigenvalue weighted by Gasteiger charge is 2.59. The predicted octanol–water partition coefficient (Wildman–Crippen LogP) is 5.13. The van der Waals surface area contributed by atoms with Crippen LogP contribution in [0.15, 0.2) is 54.7 Å². The predicted molar refractivity (Wildman–Crippen MR) is 126 cm³/mol. The standard InChI is InChI=1S/C25H20ClF3N2O6/c1-13(17-6-5-16(10-18(17)26)37-21-8-3-14(11-30-21)23(33)34)24(35,25(27,28)29)15-4-7-20-19(9-15)31(2)22(32)12-36-20/h3-11,13,35H,12H2,1-2H3,(H,33,34). The summed E-state index contributed by atoms with van der Waals surface area (Å²) in [6.45, 7) is 0.943. The number of pyridine rings is 1. The van der Waals surface area contributed by atoms with Crippen molar-refractivity contribution in [3.05, 3.63) is 76.4 Å². The van der Waals surface area contributed by atoms with Crippen LogP contribution in [0.25, 0.3) is 0 Å². The number of likely N-dealkylation sites (N-methyl/N-ethyl adjacent to an activating group) is 1. The van der Waals surface area contributed by atoms with Gasteiger partial charge in [-0.05, 0) is 41.5 Å². The third-order valence-electron chi connectivity index (χ3n) is 6.19. The summed E-state index contributed by atoms with van der Waals surface area (Å²) in [4.78, 5) is 28.0. The molecule has 194 valence electrons. The van der Waals surface area contributed by atoms with Gasteiger partial charge < -0.3 is 24.6 Å². The third kappa shape index (κ3) is 4.79. The topological polar surface area (TPSA) is 109 Å². The van der Waals surface area contributed by atoms with Crippen LogP contribution in [-0.2, 0) is 10.4 Å². The Bertz CT molecular complexity index is 1370. The summed E-state index contributed by atoms with van der Waals surface area (Å²) in [5.41, 5.74) is -3.83. The second-order valence-electron chi connectivity index (χ2n) is 8.39. The van der Waals surface area contributed by atoms with E-state index < -0.39 is 35.1 Å². The lowest BCUT2D eigenvalue weighted by Crippen LogP contribution is -2.47. The Labute approximate surface area is 213 Å². The van der Waals surface area contributed by atoms with E-state index in [4.69, 9.17) is 26.2 Å². The van der Waals surface area contributed by atoms with Crippen molar-refractivity contribution >= 4 is 29.2 Å². The van der Waals surface area contributed by atoms with Gasteiger partial charge in [-0.25, -0.2) is 9.78 Å². The van der Waals surface area contributed by atoms with Crippen LogP contribution in [0.5, 0.6) is 17.4 Å². The number of halogens is 4. The number of carbonyl (C=O) groups excluding carboxylic acids is 1. The Kier molecular flexibility index (Phi) is 6.78. The number of carboxylic acids is 1. The summed E-state index contributed by atoms with van der Waals surface area (Å²) in [6.07, 6.45) is -4.03. The van der Waals surface area contributed by atoms with Gasteiger partial charge in [0.15, 0.2) is 12.2 Å². The lowest BCUT2D eigenvalue weighted by molar-refractivity contribution is -0.274. The molecule has 0 saturated heterocycles. The molecule has 12 heteroatoms. The van der Waals surface area contributed by atoms with E-state index >= 15 is 0 Å². The number of aromatic carboxylic acids is 1. The van der Waals surface area contributed by atoms with Gasteiger partial charge in [0, 0.05) is 30.3 Å². The van der Waals surface area contributed by atoms with E-state index in [1.54, 1.807) is 0 Å². The second-order valence-corrected chi connectivity index (χ2v) is 8.79. The van der Waals surface area contributed by atoms with Crippen molar-refractivity contribution in [2.24, 2.45) is 0 Å². The summed E-state index contributed by atoms with van der Waals surface area (Å²) < 4.78 is 54.1. The fourth-order valence-electron chi connectivity index (χ4n) is 4.00. The molecule has 0 bridgehead atoms. The molecule has 1 aliphatic heterocycles. The molecule has 4 rings (SSSR count). The molecule has 3 aromatic rings. The molecule has 0 saturated carbocycles. The van der Waals surface area contributed by atoms with Crippen LogP contribution in [0, 0.1) is 0 Å². The minimum Gasteiger partial charge on any atom is -0.482 e. The molecule has 0 fully saturated rings. The minimum atomic E-state index is -5.12. The number of rotatable bonds is 6. The number of carboxylic acid groups (broad SMARTS) is 1. The summed E-state index contributed by atoms with van der Waals surface area (Å²) >= 11 is 6.33. The smallest absolute Gasteiger partial charge is 0.422 e. The number of aromatic nitrogens is 1. The monoisotopic (exact) mass is 536 g/mol. The average molecular weight is 537 g/mol. The van der Waals surface area contributed by atoms with Crippen LogP contribution >= 0.6 is 11.6 Å². The Balaban J connectivity index is 1.68. The molecule has 37 heavy (non-hydrogen) atoms. The van der Waals surface area contributed by atoms with Crippen molar-refractivity contribution in [3.63, 3.8) is 0 Å². The highest BCUT2D eigenvalue weighted by atomic mass is 35.5. The van der Waals surface area contributed by atoms with E-state index in [9.17, 15) is 27.9 Å². The molecular formula is C25H20ClF3N2O6. The summed E-state index contributed by atoms with van der Waals surface area (Å²) in [5.74, 6) is -2.79. The molecule has 2 unspecified atom stereocenters. The molecule has 2 aromatic carbocycles. The van der Waals surface area contributed by atoms with Gasteiger partial charge in [-0.15, -0.1) is 0 Å². The number of carbonyl (C=O) groups is 2. The highest BCUT2D eigenvalue weighted by molar-refractivity contribution is 6.31. The third-order valence-corrected chi connectivity index (χ3v) is 6.52. The first kappa shape index (κ1) is 26.2. The first-order valence-electron chi connectivity index (χ1n) is 10.8. The maximum atomic E-state index is 14.4. The molecule has 0 radical (unpaired) electrons. The molecule has 8 nitrogen and oxygen atoms in total. The van der Waals surface area contributed by atoms with Crippen molar-refractivity contribution in [1.82, 2.24) is 4.98 Å². The highest BCUT2D eigenvalue weighted by Crippen LogP contribution is 2.51. The zero-order valence-corrected chi connectivity index (χ0v) is 20.2. The van der Waals surface area contributed by atoms with Gasteiger partial charge in [0.2, 0.25) is 5.88 Å². The van der Waals surface area contributed by atoms with E-state index in [2.05, 4.69) is 4.98 Å². The van der Waals surface area contributed by atoms with Crippen molar-refractivity contribution < 1.29 is 42.4 Å². The summed E-state index contributed by atoms with van der Waals surface area (Å²) in [7, 11) is 1.41.